The Morgan fingerprint density at radius 2 is 2.00 bits per heavy atom. The van der Waals surface area contributed by atoms with E-state index in [1.807, 2.05) is 6.07 Å². The highest BCUT2D eigenvalue weighted by Crippen LogP contribution is 2.19. The van der Waals surface area contributed by atoms with Gasteiger partial charge in [-0.3, -0.25) is 9.59 Å². The van der Waals surface area contributed by atoms with Crippen LogP contribution in [0.1, 0.15) is 26.3 Å². The third kappa shape index (κ3) is 4.09. The van der Waals surface area contributed by atoms with Crippen molar-refractivity contribution in [1.82, 2.24) is 20.1 Å². The lowest BCUT2D eigenvalue weighted by atomic mass is 10.1. The number of rotatable bonds is 6. The Morgan fingerprint density at radius 3 is 2.77 bits per heavy atom. The first-order valence-electron chi connectivity index (χ1n) is 8.97. The molecule has 9 heteroatoms. The molecule has 0 aliphatic heterocycles. The van der Waals surface area contributed by atoms with Gasteiger partial charge in [0.2, 0.25) is 0 Å². The first-order chi connectivity index (χ1) is 14.6. The van der Waals surface area contributed by atoms with E-state index in [1.165, 1.54) is 24.7 Å². The van der Waals surface area contributed by atoms with Gasteiger partial charge in [0.15, 0.2) is 5.82 Å². The predicted octanol–water partition coefficient (Wildman–Crippen LogP) is 3.18. The Morgan fingerprint density at radius 1 is 1.10 bits per heavy atom. The maximum Gasteiger partial charge on any atom is 0.258 e. The third-order valence-corrected chi connectivity index (χ3v) is 4.29. The van der Waals surface area contributed by atoms with Crippen molar-refractivity contribution in [3.8, 4) is 5.82 Å². The Kier molecular flexibility index (Phi) is 5.33. The van der Waals surface area contributed by atoms with E-state index in [2.05, 4.69) is 20.7 Å². The van der Waals surface area contributed by atoms with Crippen LogP contribution in [0.4, 0.5) is 10.1 Å². The van der Waals surface area contributed by atoms with E-state index >= 15 is 0 Å². The Balaban J connectivity index is 1.53. The molecule has 4 rings (SSSR count). The van der Waals surface area contributed by atoms with Crippen molar-refractivity contribution in [2.24, 2.45) is 0 Å². The number of anilines is 1. The van der Waals surface area contributed by atoms with Crippen LogP contribution >= 0.6 is 0 Å². The van der Waals surface area contributed by atoms with Gasteiger partial charge in [-0.2, -0.15) is 5.10 Å². The molecular formula is C21H16FN5O3. The quantitative estimate of drug-likeness (QED) is 0.513. The zero-order valence-electron chi connectivity index (χ0n) is 15.6. The summed E-state index contributed by atoms with van der Waals surface area (Å²) in [5.74, 6) is -0.998. The molecule has 0 bridgehead atoms. The molecule has 0 atom stereocenters. The lowest BCUT2D eigenvalue weighted by molar-refractivity contribution is 0.0951. The highest BCUT2D eigenvalue weighted by atomic mass is 19.1. The van der Waals surface area contributed by atoms with E-state index < -0.39 is 17.6 Å². The minimum atomic E-state index is -0.581. The van der Waals surface area contributed by atoms with Crippen LogP contribution in [0.25, 0.3) is 5.82 Å². The summed E-state index contributed by atoms with van der Waals surface area (Å²) in [5, 5.41) is 9.47. The summed E-state index contributed by atoms with van der Waals surface area (Å²) in [7, 11) is 0. The van der Waals surface area contributed by atoms with Gasteiger partial charge in [-0.05, 0) is 36.4 Å². The van der Waals surface area contributed by atoms with Gasteiger partial charge in [-0.15, -0.1) is 0 Å². The second kappa shape index (κ2) is 8.39. The number of nitrogens with zero attached hydrogens (tertiary/aromatic N) is 3. The van der Waals surface area contributed by atoms with Crippen LogP contribution < -0.4 is 10.6 Å². The summed E-state index contributed by atoms with van der Waals surface area (Å²) in [5.41, 5.74) is 1.17. The summed E-state index contributed by atoms with van der Waals surface area (Å²) in [6, 6.07) is 10.4. The van der Waals surface area contributed by atoms with E-state index in [0.29, 0.717) is 5.82 Å². The van der Waals surface area contributed by atoms with Crippen LogP contribution in [0.2, 0.25) is 0 Å². The van der Waals surface area contributed by atoms with Crippen LogP contribution in [-0.4, -0.2) is 26.6 Å². The molecule has 0 aliphatic rings. The second-order valence-electron chi connectivity index (χ2n) is 6.28. The van der Waals surface area contributed by atoms with Crippen LogP contribution in [0.3, 0.4) is 0 Å². The van der Waals surface area contributed by atoms with Crippen LogP contribution in [-0.2, 0) is 6.54 Å². The van der Waals surface area contributed by atoms with Gasteiger partial charge in [0, 0.05) is 30.7 Å². The number of furan rings is 1. The van der Waals surface area contributed by atoms with Crippen LogP contribution in [0.15, 0.2) is 78.0 Å². The average molecular weight is 405 g/mol. The zero-order valence-corrected chi connectivity index (χ0v) is 15.6. The highest BCUT2D eigenvalue weighted by molar-refractivity contribution is 6.08. The summed E-state index contributed by atoms with van der Waals surface area (Å²) in [4.78, 5) is 29.3. The molecule has 0 saturated carbocycles. The van der Waals surface area contributed by atoms with E-state index in [0.717, 1.165) is 17.7 Å². The maximum atomic E-state index is 13.7. The standard InChI is InChI=1S/C21H16FN5O3/c22-16-4-5-17(18(11-16)26-20(28)15-6-10-30-13-15)21(29)24-12-14-3-1-7-23-19(14)27-9-2-8-25-27/h1-11,13H,12H2,(H,24,29)(H,26,28). The minimum absolute atomic E-state index is 0.0530. The van der Waals surface area contributed by atoms with Gasteiger partial charge in [0.05, 0.1) is 23.1 Å². The van der Waals surface area contributed by atoms with E-state index in [-0.39, 0.29) is 23.4 Å². The van der Waals surface area contributed by atoms with Crippen LogP contribution in [0.5, 0.6) is 0 Å². The molecular weight excluding hydrogens is 389 g/mol. The third-order valence-electron chi connectivity index (χ3n) is 4.29. The van der Waals surface area contributed by atoms with Gasteiger partial charge in [0.1, 0.15) is 12.1 Å². The molecule has 8 nitrogen and oxygen atoms in total. The second-order valence-corrected chi connectivity index (χ2v) is 6.28. The molecule has 0 unspecified atom stereocenters. The van der Waals surface area contributed by atoms with Gasteiger partial charge in [0.25, 0.3) is 11.8 Å². The minimum Gasteiger partial charge on any atom is -0.472 e. The van der Waals surface area contributed by atoms with E-state index in [4.69, 9.17) is 4.42 Å². The monoisotopic (exact) mass is 405 g/mol. The molecule has 3 aromatic heterocycles. The number of hydrogen-bond acceptors (Lipinski definition) is 5. The molecule has 0 saturated heterocycles. The number of benzene rings is 1. The molecule has 150 valence electrons. The first kappa shape index (κ1) is 19.1. The van der Waals surface area contributed by atoms with Gasteiger partial charge in [-0.1, -0.05) is 6.07 Å². The molecule has 3 heterocycles. The maximum absolute atomic E-state index is 13.7. The fraction of sp³-hybridized carbons (Fsp3) is 0.0476. The number of aromatic nitrogens is 3. The smallest absolute Gasteiger partial charge is 0.258 e. The topological polar surface area (TPSA) is 102 Å². The number of pyridine rings is 1. The molecule has 30 heavy (non-hydrogen) atoms. The van der Waals surface area contributed by atoms with Crippen molar-refractivity contribution in [3.63, 3.8) is 0 Å². The highest BCUT2D eigenvalue weighted by Gasteiger charge is 2.17. The molecule has 0 spiro atoms. The summed E-state index contributed by atoms with van der Waals surface area (Å²) >= 11 is 0. The van der Waals surface area contributed by atoms with Crippen molar-refractivity contribution in [2.45, 2.75) is 6.54 Å². The molecule has 2 amide bonds. The molecule has 0 aliphatic carbocycles. The van der Waals surface area contributed by atoms with Crippen LogP contribution in [0, 0.1) is 5.82 Å². The number of halogens is 1. The predicted molar refractivity (Wildman–Crippen MR) is 106 cm³/mol. The molecule has 0 radical (unpaired) electrons. The largest absolute Gasteiger partial charge is 0.472 e. The number of nitrogens with one attached hydrogen (secondary N) is 2. The molecule has 1 aromatic carbocycles. The molecule has 4 aromatic rings. The number of amides is 2. The van der Waals surface area contributed by atoms with Crippen molar-refractivity contribution < 1.29 is 18.4 Å². The van der Waals surface area contributed by atoms with Crippen molar-refractivity contribution in [2.75, 3.05) is 5.32 Å². The number of carbonyl (C=O) groups excluding carboxylic acids is 2. The first-order valence-corrected chi connectivity index (χ1v) is 8.97. The zero-order chi connectivity index (χ0) is 20.9. The summed E-state index contributed by atoms with van der Waals surface area (Å²) < 4.78 is 20.2. The molecule has 2 N–H and O–H groups in total. The normalized spacial score (nSPS) is 10.6. The fourth-order valence-electron chi connectivity index (χ4n) is 2.85. The lowest BCUT2D eigenvalue weighted by Gasteiger charge is -2.13. The van der Waals surface area contributed by atoms with E-state index in [9.17, 15) is 14.0 Å². The summed E-state index contributed by atoms with van der Waals surface area (Å²) in [6.07, 6.45) is 7.61. The Hall–Kier alpha value is -4.27. The Labute approximate surface area is 170 Å². The summed E-state index contributed by atoms with van der Waals surface area (Å²) in [6.45, 7) is 0.161. The van der Waals surface area contributed by atoms with Gasteiger partial charge < -0.3 is 15.1 Å². The van der Waals surface area contributed by atoms with Crippen molar-refractivity contribution >= 4 is 17.5 Å². The number of hydrogen-bond donors (Lipinski definition) is 2. The van der Waals surface area contributed by atoms with Gasteiger partial charge >= 0.3 is 0 Å². The molecule has 0 fully saturated rings. The van der Waals surface area contributed by atoms with E-state index in [1.54, 1.807) is 35.4 Å². The lowest BCUT2D eigenvalue weighted by Crippen LogP contribution is -2.25. The van der Waals surface area contributed by atoms with Crippen molar-refractivity contribution in [1.29, 1.82) is 0 Å². The Bertz CT molecular complexity index is 1170. The average Bonchev–Trinajstić information content (AvgIpc) is 3.46. The van der Waals surface area contributed by atoms with Gasteiger partial charge in [-0.25, -0.2) is 14.1 Å². The van der Waals surface area contributed by atoms with Crippen molar-refractivity contribution in [3.05, 3.63) is 96.1 Å². The number of carbonyl (C=O) groups is 2. The fourth-order valence-corrected chi connectivity index (χ4v) is 2.85. The SMILES string of the molecule is O=C(Nc1cc(F)ccc1C(=O)NCc1cccnc1-n1cccn1)c1ccoc1.